The largest absolute Gasteiger partial charge is 0.491 e. The van der Waals surface area contributed by atoms with Gasteiger partial charge in [0.2, 0.25) is 5.95 Å². The summed E-state index contributed by atoms with van der Waals surface area (Å²) in [4.78, 5) is 28.5. The SMILES string of the molecule is C[C@@H](COc1ccnc(N2CCN(c3ncc(C(F)(F)F)cn3)CC2)c1)Nc1cnn(COCC[Si](C)(C)C)c(=O)c1C(F)(F)F. The van der Waals surface area contributed by atoms with Crippen LogP contribution in [0.2, 0.25) is 25.7 Å². The van der Waals surface area contributed by atoms with E-state index >= 15 is 0 Å². The van der Waals surface area contributed by atoms with Crippen molar-refractivity contribution in [3.63, 3.8) is 0 Å². The second-order valence-corrected chi connectivity index (χ2v) is 17.7. The van der Waals surface area contributed by atoms with Crippen LogP contribution in [0.15, 0.2) is 41.7 Å². The molecule has 0 bridgehead atoms. The average molecular weight is 675 g/mol. The molecule has 1 atom stereocenters. The van der Waals surface area contributed by atoms with E-state index in [2.05, 4.69) is 45.0 Å². The van der Waals surface area contributed by atoms with Crippen molar-refractivity contribution in [1.82, 2.24) is 24.7 Å². The molecular formula is C28H36F6N8O3Si. The Bertz CT molecular complexity index is 1510. The average Bonchev–Trinajstić information content (AvgIpc) is 2.98. The summed E-state index contributed by atoms with van der Waals surface area (Å²) in [6, 6.07) is 3.44. The fourth-order valence-electron chi connectivity index (χ4n) is 4.45. The summed E-state index contributed by atoms with van der Waals surface area (Å²) in [6.07, 6.45) is -5.43. The van der Waals surface area contributed by atoms with Crippen LogP contribution in [0.25, 0.3) is 0 Å². The molecule has 0 saturated carbocycles. The van der Waals surface area contributed by atoms with E-state index < -0.39 is 48.8 Å². The molecule has 0 aliphatic carbocycles. The van der Waals surface area contributed by atoms with Gasteiger partial charge in [0, 0.05) is 65.5 Å². The Labute approximate surface area is 262 Å². The zero-order valence-electron chi connectivity index (χ0n) is 25.8. The van der Waals surface area contributed by atoms with Crippen molar-refractivity contribution in [1.29, 1.82) is 0 Å². The van der Waals surface area contributed by atoms with Crippen LogP contribution < -0.4 is 25.4 Å². The Kier molecular flexibility index (Phi) is 10.8. The molecule has 4 rings (SSSR count). The predicted octanol–water partition coefficient (Wildman–Crippen LogP) is 4.98. The van der Waals surface area contributed by atoms with Gasteiger partial charge < -0.3 is 24.6 Å². The standard InChI is InChI=1S/C28H36F6N8O3Si/c1-19(39-22-16-38-42(18-44-11-12-46(2,3)4)25(43)24(22)28(32,33)34)17-45-21-5-6-35-23(13-21)40-7-9-41(10-8-40)26-36-14-20(15-37-26)27(29,30)31/h5-6,13-16,19,39H,7-12,17-18H2,1-4H3/t19-/m0/s1. The maximum absolute atomic E-state index is 13.9. The predicted molar refractivity (Wildman–Crippen MR) is 162 cm³/mol. The van der Waals surface area contributed by atoms with Crippen LogP contribution in [0.5, 0.6) is 5.75 Å². The van der Waals surface area contributed by atoms with Crippen molar-refractivity contribution in [2.75, 3.05) is 54.5 Å². The molecule has 18 heteroatoms. The van der Waals surface area contributed by atoms with E-state index in [1.807, 2.05) is 4.90 Å². The molecule has 46 heavy (non-hydrogen) atoms. The van der Waals surface area contributed by atoms with Gasteiger partial charge in [0.05, 0.1) is 23.5 Å². The number of nitrogens with one attached hydrogen (secondary N) is 1. The number of alkyl halides is 6. The molecule has 3 aromatic rings. The first-order valence-corrected chi connectivity index (χ1v) is 18.2. The third-order valence-corrected chi connectivity index (χ3v) is 8.71. The van der Waals surface area contributed by atoms with Crippen molar-refractivity contribution in [2.24, 2.45) is 0 Å². The van der Waals surface area contributed by atoms with Crippen molar-refractivity contribution in [3.8, 4) is 5.75 Å². The molecule has 0 spiro atoms. The molecule has 1 aliphatic rings. The van der Waals surface area contributed by atoms with E-state index in [-0.39, 0.29) is 19.3 Å². The first-order valence-electron chi connectivity index (χ1n) is 14.5. The number of rotatable bonds is 12. The topological polar surface area (TPSA) is 111 Å². The summed E-state index contributed by atoms with van der Waals surface area (Å²) < 4.78 is 92.1. The Balaban J connectivity index is 1.33. The summed E-state index contributed by atoms with van der Waals surface area (Å²) in [7, 11) is -1.42. The van der Waals surface area contributed by atoms with Gasteiger partial charge in [-0.15, -0.1) is 0 Å². The molecule has 0 amide bonds. The fourth-order valence-corrected chi connectivity index (χ4v) is 5.21. The number of ether oxygens (including phenoxy) is 2. The highest BCUT2D eigenvalue weighted by molar-refractivity contribution is 6.76. The number of hydrogen-bond acceptors (Lipinski definition) is 10. The summed E-state index contributed by atoms with van der Waals surface area (Å²) >= 11 is 0. The summed E-state index contributed by atoms with van der Waals surface area (Å²) in [5, 5.41) is 6.57. The molecule has 0 unspecified atom stereocenters. The molecule has 252 valence electrons. The third kappa shape index (κ3) is 9.54. The lowest BCUT2D eigenvalue weighted by Crippen LogP contribution is -2.47. The summed E-state index contributed by atoms with van der Waals surface area (Å²) in [6.45, 7) is 9.78. The lowest BCUT2D eigenvalue weighted by molar-refractivity contribution is -0.139. The minimum absolute atomic E-state index is 0.0390. The van der Waals surface area contributed by atoms with Crippen molar-refractivity contribution >= 4 is 25.5 Å². The van der Waals surface area contributed by atoms with Crippen LogP contribution >= 0.6 is 0 Å². The van der Waals surface area contributed by atoms with Gasteiger partial charge in [0.15, 0.2) is 0 Å². The Morgan fingerprint density at radius 1 is 0.957 bits per heavy atom. The smallest absolute Gasteiger partial charge is 0.423 e. The summed E-state index contributed by atoms with van der Waals surface area (Å²) in [5.74, 6) is 1.21. The highest BCUT2D eigenvalue weighted by Gasteiger charge is 2.38. The highest BCUT2D eigenvalue weighted by atomic mass is 28.3. The maximum Gasteiger partial charge on any atom is 0.423 e. The van der Waals surface area contributed by atoms with Gasteiger partial charge in [-0.1, -0.05) is 19.6 Å². The van der Waals surface area contributed by atoms with Crippen LogP contribution in [-0.4, -0.2) is 78.2 Å². The fraction of sp³-hybridized carbons (Fsp3) is 0.536. The van der Waals surface area contributed by atoms with Gasteiger partial charge >= 0.3 is 12.4 Å². The first kappa shape index (κ1) is 34.9. The Hall–Kier alpha value is -3.93. The number of halogens is 6. The van der Waals surface area contributed by atoms with E-state index in [1.165, 1.54) is 6.20 Å². The van der Waals surface area contributed by atoms with Gasteiger partial charge in [0.1, 0.15) is 30.5 Å². The highest BCUT2D eigenvalue weighted by Crippen LogP contribution is 2.32. The number of anilines is 3. The minimum atomic E-state index is -4.92. The molecule has 0 aromatic carbocycles. The van der Waals surface area contributed by atoms with E-state index in [4.69, 9.17) is 9.47 Å². The molecule has 1 aliphatic heterocycles. The van der Waals surface area contributed by atoms with Crippen LogP contribution in [0.3, 0.4) is 0 Å². The zero-order valence-corrected chi connectivity index (χ0v) is 26.8. The first-order chi connectivity index (χ1) is 21.5. The van der Waals surface area contributed by atoms with Crippen molar-refractivity contribution < 1.29 is 35.8 Å². The summed E-state index contributed by atoms with van der Waals surface area (Å²) in [5.41, 5.74) is -4.05. The molecule has 1 N–H and O–H groups in total. The van der Waals surface area contributed by atoms with E-state index in [0.717, 1.165) is 24.6 Å². The van der Waals surface area contributed by atoms with Crippen molar-refractivity contribution in [3.05, 3.63) is 58.4 Å². The molecule has 3 aromatic heterocycles. The van der Waals surface area contributed by atoms with Gasteiger partial charge in [-0.3, -0.25) is 4.79 Å². The maximum atomic E-state index is 13.9. The number of hydrogen-bond donors (Lipinski definition) is 1. The van der Waals surface area contributed by atoms with Gasteiger partial charge in [0.25, 0.3) is 5.56 Å². The van der Waals surface area contributed by atoms with Crippen LogP contribution in [0, 0.1) is 0 Å². The molecule has 1 saturated heterocycles. The monoisotopic (exact) mass is 674 g/mol. The van der Waals surface area contributed by atoms with Crippen LogP contribution in [0.4, 0.5) is 43.8 Å². The number of piperazine rings is 1. The normalized spacial score (nSPS) is 15.2. The molecule has 11 nitrogen and oxygen atoms in total. The second kappa shape index (κ2) is 14.2. The minimum Gasteiger partial charge on any atom is -0.491 e. The number of aromatic nitrogens is 5. The molecule has 0 radical (unpaired) electrons. The quantitative estimate of drug-likeness (QED) is 0.160. The van der Waals surface area contributed by atoms with E-state index in [1.54, 1.807) is 24.0 Å². The molecular weight excluding hydrogens is 638 g/mol. The van der Waals surface area contributed by atoms with Crippen molar-refractivity contribution in [2.45, 2.75) is 57.7 Å². The van der Waals surface area contributed by atoms with Gasteiger partial charge in [-0.2, -0.15) is 31.4 Å². The van der Waals surface area contributed by atoms with E-state index in [9.17, 15) is 31.1 Å². The van der Waals surface area contributed by atoms with Gasteiger partial charge in [-0.25, -0.2) is 19.6 Å². The Morgan fingerprint density at radius 3 is 2.22 bits per heavy atom. The Morgan fingerprint density at radius 2 is 1.61 bits per heavy atom. The van der Waals surface area contributed by atoms with E-state index in [0.29, 0.717) is 49.0 Å². The number of pyridine rings is 1. The molecule has 4 heterocycles. The third-order valence-electron chi connectivity index (χ3n) is 7.01. The lowest BCUT2D eigenvalue weighted by Gasteiger charge is -2.35. The zero-order chi connectivity index (χ0) is 33.7. The lowest BCUT2D eigenvalue weighted by atomic mass is 10.2. The van der Waals surface area contributed by atoms with Crippen LogP contribution in [-0.2, 0) is 23.8 Å². The van der Waals surface area contributed by atoms with Gasteiger partial charge in [-0.05, 0) is 19.0 Å². The molecule has 1 fully saturated rings. The number of nitrogens with zero attached hydrogens (tertiary/aromatic N) is 7. The van der Waals surface area contributed by atoms with Crippen LogP contribution in [0.1, 0.15) is 18.1 Å². The second-order valence-electron chi connectivity index (χ2n) is 12.0.